The molecule has 78 valence electrons. The van der Waals surface area contributed by atoms with Gasteiger partial charge in [0.15, 0.2) is 0 Å². The van der Waals surface area contributed by atoms with E-state index in [2.05, 4.69) is 17.3 Å². The van der Waals surface area contributed by atoms with E-state index in [9.17, 15) is 5.11 Å². The van der Waals surface area contributed by atoms with E-state index in [4.69, 9.17) is 0 Å². The Labute approximate surface area is 81.1 Å². The summed E-state index contributed by atoms with van der Waals surface area (Å²) < 4.78 is 0. The van der Waals surface area contributed by atoms with Crippen LogP contribution in [0.1, 0.15) is 19.8 Å². The molecule has 1 heterocycles. The van der Waals surface area contributed by atoms with Gasteiger partial charge >= 0.3 is 0 Å². The van der Waals surface area contributed by atoms with Crippen LogP contribution in [0.3, 0.4) is 0 Å². The van der Waals surface area contributed by atoms with Crippen LogP contribution in [0.5, 0.6) is 0 Å². The summed E-state index contributed by atoms with van der Waals surface area (Å²) in [7, 11) is 2.08. The zero-order chi connectivity index (χ0) is 9.68. The van der Waals surface area contributed by atoms with Gasteiger partial charge in [-0.25, -0.2) is 0 Å². The SMILES string of the molecule is CC(O)CN(C)CC1CCCNC1. The quantitative estimate of drug-likeness (QED) is 0.663. The molecule has 13 heavy (non-hydrogen) atoms. The van der Waals surface area contributed by atoms with Crippen LogP contribution in [0.2, 0.25) is 0 Å². The van der Waals surface area contributed by atoms with Gasteiger partial charge in [-0.1, -0.05) is 0 Å². The van der Waals surface area contributed by atoms with E-state index >= 15 is 0 Å². The van der Waals surface area contributed by atoms with Crippen molar-refractivity contribution in [2.75, 3.05) is 33.2 Å². The lowest BCUT2D eigenvalue weighted by atomic mass is 9.99. The van der Waals surface area contributed by atoms with E-state index in [1.807, 2.05) is 6.92 Å². The van der Waals surface area contributed by atoms with Crippen LogP contribution in [0.25, 0.3) is 0 Å². The monoisotopic (exact) mass is 186 g/mol. The fraction of sp³-hybridized carbons (Fsp3) is 1.00. The first-order chi connectivity index (χ1) is 6.18. The van der Waals surface area contributed by atoms with E-state index in [-0.39, 0.29) is 6.10 Å². The minimum Gasteiger partial charge on any atom is -0.392 e. The number of nitrogens with one attached hydrogen (secondary N) is 1. The second-order valence-corrected chi connectivity index (χ2v) is 4.28. The minimum atomic E-state index is -0.207. The highest BCUT2D eigenvalue weighted by Gasteiger charge is 2.15. The summed E-state index contributed by atoms with van der Waals surface area (Å²) in [6.45, 7) is 6.06. The molecule has 1 rings (SSSR count). The van der Waals surface area contributed by atoms with Crippen LogP contribution in [0.4, 0.5) is 0 Å². The van der Waals surface area contributed by atoms with Gasteiger partial charge in [0.2, 0.25) is 0 Å². The van der Waals surface area contributed by atoms with Crippen LogP contribution in [-0.2, 0) is 0 Å². The third-order valence-electron chi connectivity index (χ3n) is 2.54. The normalized spacial score (nSPS) is 26.3. The van der Waals surface area contributed by atoms with Crippen molar-refractivity contribution in [3.05, 3.63) is 0 Å². The van der Waals surface area contributed by atoms with Crippen molar-refractivity contribution in [2.45, 2.75) is 25.9 Å². The van der Waals surface area contributed by atoms with E-state index in [0.717, 1.165) is 25.6 Å². The van der Waals surface area contributed by atoms with Crippen molar-refractivity contribution in [1.29, 1.82) is 0 Å². The van der Waals surface area contributed by atoms with Gasteiger partial charge in [0.1, 0.15) is 0 Å². The molecule has 0 aromatic carbocycles. The highest BCUT2D eigenvalue weighted by atomic mass is 16.3. The number of hydrogen-bond donors (Lipinski definition) is 2. The fourth-order valence-electron chi connectivity index (χ4n) is 2.05. The molecular weight excluding hydrogens is 164 g/mol. The molecule has 1 fully saturated rings. The molecule has 1 aliphatic heterocycles. The number of nitrogens with zero attached hydrogens (tertiary/aromatic N) is 1. The molecule has 0 aliphatic carbocycles. The molecule has 0 aromatic heterocycles. The van der Waals surface area contributed by atoms with E-state index < -0.39 is 0 Å². The lowest BCUT2D eigenvalue weighted by molar-refractivity contribution is 0.128. The maximum Gasteiger partial charge on any atom is 0.0638 e. The number of piperidine rings is 1. The molecule has 2 N–H and O–H groups in total. The van der Waals surface area contributed by atoms with Gasteiger partial charge in [0.05, 0.1) is 6.10 Å². The molecular formula is C10H22N2O. The number of aliphatic hydroxyl groups is 1. The zero-order valence-electron chi connectivity index (χ0n) is 8.79. The van der Waals surface area contributed by atoms with Crippen molar-refractivity contribution >= 4 is 0 Å². The molecule has 0 spiro atoms. The summed E-state index contributed by atoms with van der Waals surface area (Å²) in [5, 5.41) is 12.6. The van der Waals surface area contributed by atoms with Gasteiger partial charge in [-0.15, -0.1) is 0 Å². The molecule has 2 atom stereocenters. The second-order valence-electron chi connectivity index (χ2n) is 4.28. The summed E-state index contributed by atoms with van der Waals surface area (Å²) in [6.07, 6.45) is 2.42. The van der Waals surface area contributed by atoms with Crippen LogP contribution in [0.15, 0.2) is 0 Å². The first-order valence-corrected chi connectivity index (χ1v) is 5.26. The summed E-state index contributed by atoms with van der Waals surface area (Å²) in [5.74, 6) is 0.775. The lowest BCUT2D eigenvalue weighted by Crippen LogP contribution is -2.38. The highest BCUT2D eigenvalue weighted by Crippen LogP contribution is 2.10. The fourth-order valence-corrected chi connectivity index (χ4v) is 2.05. The number of aliphatic hydroxyl groups excluding tert-OH is 1. The molecule has 0 radical (unpaired) electrons. The van der Waals surface area contributed by atoms with Crippen molar-refractivity contribution in [3.63, 3.8) is 0 Å². The largest absolute Gasteiger partial charge is 0.392 e. The van der Waals surface area contributed by atoms with Crippen LogP contribution < -0.4 is 5.32 Å². The Morgan fingerprint density at radius 1 is 1.62 bits per heavy atom. The first-order valence-electron chi connectivity index (χ1n) is 5.26. The summed E-state index contributed by atoms with van der Waals surface area (Å²) >= 11 is 0. The maximum atomic E-state index is 9.19. The lowest BCUT2D eigenvalue weighted by Gasteiger charge is -2.28. The molecule has 1 aliphatic rings. The molecule has 0 amide bonds. The van der Waals surface area contributed by atoms with Crippen LogP contribution in [0, 0.1) is 5.92 Å². The minimum absolute atomic E-state index is 0.207. The second kappa shape index (κ2) is 5.58. The predicted molar refractivity (Wildman–Crippen MR) is 54.8 cm³/mol. The van der Waals surface area contributed by atoms with Crippen molar-refractivity contribution in [2.24, 2.45) is 5.92 Å². The predicted octanol–water partition coefficient (Wildman–Crippen LogP) is 0.299. The molecule has 0 bridgehead atoms. The van der Waals surface area contributed by atoms with Gasteiger partial charge in [-0.05, 0) is 45.8 Å². The topological polar surface area (TPSA) is 35.5 Å². The van der Waals surface area contributed by atoms with Gasteiger partial charge in [0, 0.05) is 13.1 Å². The maximum absolute atomic E-state index is 9.19. The average Bonchev–Trinajstić information content (AvgIpc) is 2.04. The van der Waals surface area contributed by atoms with E-state index in [1.54, 1.807) is 0 Å². The molecule has 0 aromatic rings. The highest BCUT2D eigenvalue weighted by molar-refractivity contribution is 4.72. The Hall–Kier alpha value is -0.120. The van der Waals surface area contributed by atoms with E-state index in [1.165, 1.54) is 19.4 Å². The number of rotatable bonds is 4. The third-order valence-corrected chi connectivity index (χ3v) is 2.54. The molecule has 3 nitrogen and oxygen atoms in total. The molecule has 2 unspecified atom stereocenters. The van der Waals surface area contributed by atoms with Gasteiger partial charge in [-0.2, -0.15) is 0 Å². The number of hydrogen-bond acceptors (Lipinski definition) is 3. The van der Waals surface area contributed by atoms with Crippen LogP contribution in [-0.4, -0.2) is 49.3 Å². The Balaban J connectivity index is 2.14. The average molecular weight is 186 g/mol. The number of likely N-dealkylation sites (N-methyl/N-ethyl adjacent to an activating group) is 1. The third kappa shape index (κ3) is 4.60. The summed E-state index contributed by atoms with van der Waals surface area (Å²) in [5.41, 5.74) is 0. The van der Waals surface area contributed by atoms with Crippen molar-refractivity contribution < 1.29 is 5.11 Å². The smallest absolute Gasteiger partial charge is 0.0638 e. The Morgan fingerprint density at radius 2 is 2.38 bits per heavy atom. The Morgan fingerprint density at radius 3 is 2.92 bits per heavy atom. The van der Waals surface area contributed by atoms with Crippen molar-refractivity contribution in [1.82, 2.24) is 10.2 Å². The first kappa shape index (κ1) is 11.0. The summed E-state index contributed by atoms with van der Waals surface area (Å²) in [4.78, 5) is 2.22. The molecule has 0 saturated carbocycles. The zero-order valence-corrected chi connectivity index (χ0v) is 8.79. The van der Waals surface area contributed by atoms with Crippen LogP contribution >= 0.6 is 0 Å². The molecule has 1 saturated heterocycles. The standard InChI is InChI=1S/C10H22N2O/c1-9(13)7-12(2)8-10-4-3-5-11-6-10/h9-11,13H,3-8H2,1-2H3. The Kier molecular flexibility index (Phi) is 4.70. The Bertz CT molecular complexity index is 133. The summed E-state index contributed by atoms with van der Waals surface area (Å²) in [6, 6.07) is 0. The van der Waals surface area contributed by atoms with Gasteiger partial charge in [0.25, 0.3) is 0 Å². The van der Waals surface area contributed by atoms with Gasteiger partial charge in [-0.3, -0.25) is 0 Å². The van der Waals surface area contributed by atoms with Crippen molar-refractivity contribution in [3.8, 4) is 0 Å². The molecule has 3 heteroatoms. The van der Waals surface area contributed by atoms with E-state index in [0.29, 0.717) is 0 Å². The van der Waals surface area contributed by atoms with Gasteiger partial charge < -0.3 is 15.3 Å².